The summed E-state index contributed by atoms with van der Waals surface area (Å²) in [6, 6.07) is 10.4. The standard InChI is InChI=1S/C24H17ClN6O6S/c1-35-16-9-14-15(10-17(16)36-2)31(11-27-14)24-29-19(12-4-3-5-13(25)8-12)20(38-24)21(32)37-18-6-7-30(22(26)33)23(34)28-18/h3-11H,1-2H3,(H2,26,33). The average molecular weight is 553 g/mol. The topological polar surface area (TPSA) is 153 Å². The number of primary amides is 1. The van der Waals surface area contributed by atoms with Crippen LogP contribution < -0.4 is 25.6 Å². The Bertz CT molecular complexity index is 1780. The first-order valence-corrected chi connectivity index (χ1v) is 12.0. The monoisotopic (exact) mass is 552 g/mol. The van der Waals surface area contributed by atoms with Crippen LogP contribution in [0.3, 0.4) is 0 Å². The Hall–Kier alpha value is -4.75. The second-order valence-electron chi connectivity index (χ2n) is 7.64. The van der Waals surface area contributed by atoms with Gasteiger partial charge in [0, 0.05) is 35.0 Å². The number of nitrogens with two attached hydrogens (primary N) is 1. The van der Waals surface area contributed by atoms with E-state index in [0.717, 1.165) is 17.5 Å². The zero-order valence-electron chi connectivity index (χ0n) is 19.7. The maximum absolute atomic E-state index is 13.3. The van der Waals surface area contributed by atoms with E-state index < -0.39 is 17.7 Å². The van der Waals surface area contributed by atoms with Gasteiger partial charge in [0.25, 0.3) is 0 Å². The Morgan fingerprint density at radius 3 is 2.50 bits per heavy atom. The lowest BCUT2D eigenvalue weighted by Gasteiger charge is -2.07. The van der Waals surface area contributed by atoms with Gasteiger partial charge in [-0.2, -0.15) is 4.98 Å². The van der Waals surface area contributed by atoms with E-state index >= 15 is 0 Å². The van der Waals surface area contributed by atoms with E-state index in [4.69, 9.17) is 36.5 Å². The second-order valence-corrected chi connectivity index (χ2v) is 9.06. The smallest absolute Gasteiger partial charge is 0.359 e. The van der Waals surface area contributed by atoms with Crippen molar-refractivity contribution < 1.29 is 23.8 Å². The van der Waals surface area contributed by atoms with Gasteiger partial charge in [0.2, 0.25) is 5.88 Å². The lowest BCUT2D eigenvalue weighted by atomic mass is 10.1. The van der Waals surface area contributed by atoms with Gasteiger partial charge in [-0.05, 0) is 12.1 Å². The molecule has 0 aliphatic rings. The zero-order valence-corrected chi connectivity index (χ0v) is 21.3. The van der Waals surface area contributed by atoms with Crippen molar-refractivity contribution in [3.63, 3.8) is 0 Å². The summed E-state index contributed by atoms with van der Waals surface area (Å²) in [6.45, 7) is 0. The number of nitrogens with zero attached hydrogens (tertiary/aromatic N) is 5. The number of fused-ring (bicyclic) bond motifs is 1. The van der Waals surface area contributed by atoms with Gasteiger partial charge in [0.1, 0.15) is 11.2 Å². The molecule has 1 amide bonds. The van der Waals surface area contributed by atoms with Crippen molar-refractivity contribution in [2.75, 3.05) is 14.2 Å². The number of rotatable bonds is 6. The van der Waals surface area contributed by atoms with Crippen LogP contribution in [-0.4, -0.2) is 50.3 Å². The van der Waals surface area contributed by atoms with Crippen molar-refractivity contribution in [2.45, 2.75) is 0 Å². The van der Waals surface area contributed by atoms with Crippen LogP contribution in [0.4, 0.5) is 4.79 Å². The van der Waals surface area contributed by atoms with Crippen LogP contribution in [0.5, 0.6) is 17.4 Å². The highest BCUT2D eigenvalue weighted by Crippen LogP contribution is 2.36. The molecule has 12 nitrogen and oxygen atoms in total. The Morgan fingerprint density at radius 2 is 1.82 bits per heavy atom. The Labute approximate surface area is 222 Å². The predicted molar refractivity (Wildman–Crippen MR) is 139 cm³/mol. The first kappa shape index (κ1) is 24.9. The third kappa shape index (κ3) is 4.55. The number of ether oxygens (including phenoxy) is 3. The molecule has 3 heterocycles. The number of imidazole rings is 1. The summed E-state index contributed by atoms with van der Waals surface area (Å²) in [5.41, 5.74) is 6.26. The largest absolute Gasteiger partial charge is 0.493 e. The third-order valence-corrected chi connectivity index (χ3v) is 6.64. The predicted octanol–water partition coefficient (Wildman–Crippen LogP) is 3.52. The molecule has 0 radical (unpaired) electrons. The van der Waals surface area contributed by atoms with Crippen molar-refractivity contribution >= 4 is 46.0 Å². The first-order chi connectivity index (χ1) is 18.3. The fraction of sp³-hybridized carbons (Fsp3) is 0.0833. The minimum Gasteiger partial charge on any atom is -0.493 e. The van der Waals surface area contributed by atoms with Crippen LogP contribution in [0.1, 0.15) is 9.67 Å². The van der Waals surface area contributed by atoms with E-state index in [1.165, 1.54) is 20.3 Å². The summed E-state index contributed by atoms with van der Waals surface area (Å²) in [7, 11) is 3.05. The summed E-state index contributed by atoms with van der Waals surface area (Å²) >= 11 is 7.23. The Balaban J connectivity index is 1.61. The summed E-state index contributed by atoms with van der Waals surface area (Å²) in [5.74, 6) is -0.130. The van der Waals surface area contributed by atoms with E-state index in [-0.39, 0.29) is 10.8 Å². The van der Waals surface area contributed by atoms with Gasteiger partial charge >= 0.3 is 17.7 Å². The van der Waals surface area contributed by atoms with Gasteiger partial charge in [-0.25, -0.2) is 28.9 Å². The lowest BCUT2D eigenvalue weighted by molar-refractivity contribution is 0.0732. The number of aromatic nitrogens is 5. The number of methoxy groups -OCH3 is 2. The molecule has 3 aromatic heterocycles. The maximum atomic E-state index is 13.3. The summed E-state index contributed by atoms with van der Waals surface area (Å²) in [5, 5.41) is 0.844. The van der Waals surface area contributed by atoms with E-state index in [1.807, 2.05) is 0 Å². The van der Waals surface area contributed by atoms with Crippen molar-refractivity contribution in [3.8, 4) is 33.8 Å². The second kappa shape index (κ2) is 9.95. The molecule has 0 bridgehead atoms. The maximum Gasteiger partial charge on any atom is 0.359 e. The van der Waals surface area contributed by atoms with Crippen molar-refractivity contribution in [3.05, 3.63) is 75.4 Å². The number of hydrogen-bond donors (Lipinski definition) is 1. The molecule has 14 heteroatoms. The summed E-state index contributed by atoms with van der Waals surface area (Å²) in [6.07, 6.45) is 2.62. The molecule has 0 fully saturated rings. The van der Waals surface area contributed by atoms with E-state index in [0.29, 0.717) is 48.5 Å². The molecule has 192 valence electrons. The highest BCUT2D eigenvalue weighted by atomic mass is 35.5. The molecule has 0 saturated heterocycles. The number of esters is 1. The molecule has 2 N–H and O–H groups in total. The molecule has 0 unspecified atom stereocenters. The van der Waals surface area contributed by atoms with Gasteiger partial charge in [-0.15, -0.1) is 0 Å². The minimum atomic E-state index is -1.02. The summed E-state index contributed by atoms with van der Waals surface area (Å²) in [4.78, 5) is 49.4. The van der Waals surface area contributed by atoms with Crippen LogP contribution in [0.15, 0.2) is 59.8 Å². The first-order valence-electron chi connectivity index (χ1n) is 10.8. The molecule has 0 aliphatic carbocycles. The number of benzene rings is 2. The van der Waals surface area contributed by atoms with Crippen LogP contribution in [0, 0.1) is 0 Å². The molecule has 0 aliphatic heterocycles. The van der Waals surface area contributed by atoms with E-state index in [9.17, 15) is 14.4 Å². The Morgan fingerprint density at radius 1 is 1.05 bits per heavy atom. The summed E-state index contributed by atoms with van der Waals surface area (Å²) < 4.78 is 18.4. The highest BCUT2D eigenvalue weighted by molar-refractivity contribution is 7.16. The van der Waals surface area contributed by atoms with Gasteiger partial charge in [0.15, 0.2) is 16.6 Å². The molecule has 0 atom stereocenters. The number of hydrogen-bond acceptors (Lipinski definition) is 10. The fourth-order valence-electron chi connectivity index (χ4n) is 3.62. The van der Waals surface area contributed by atoms with Gasteiger partial charge in [-0.1, -0.05) is 35.1 Å². The van der Waals surface area contributed by atoms with Crippen LogP contribution in [0.2, 0.25) is 5.02 Å². The number of thiazole rings is 1. The van der Waals surface area contributed by atoms with Gasteiger partial charge < -0.3 is 19.9 Å². The third-order valence-electron chi connectivity index (χ3n) is 5.37. The number of amides is 1. The molecule has 5 aromatic rings. The quantitative estimate of drug-likeness (QED) is 0.311. The minimum absolute atomic E-state index is 0.116. The van der Waals surface area contributed by atoms with Crippen LogP contribution in [0.25, 0.3) is 27.4 Å². The molecule has 38 heavy (non-hydrogen) atoms. The average Bonchev–Trinajstić information content (AvgIpc) is 3.52. The molecule has 0 saturated carbocycles. The molecular formula is C24H17ClN6O6S. The molecular weight excluding hydrogens is 536 g/mol. The van der Waals surface area contributed by atoms with E-state index in [1.54, 1.807) is 47.3 Å². The molecule has 5 rings (SSSR count). The van der Waals surface area contributed by atoms with Crippen LogP contribution >= 0.6 is 22.9 Å². The van der Waals surface area contributed by atoms with E-state index in [2.05, 4.69) is 9.97 Å². The Kier molecular flexibility index (Phi) is 6.53. The normalized spacial score (nSPS) is 10.9. The lowest BCUT2D eigenvalue weighted by Crippen LogP contribution is -2.33. The van der Waals surface area contributed by atoms with Gasteiger partial charge in [0.05, 0.1) is 30.9 Å². The molecule has 2 aromatic carbocycles. The highest BCUT2D eigenvalue weighted by Gasteiger charge is 2.24. The SMILES string of the molecule is COc1cc2ncn(-c3nc(-c4cccc(Cl)c4)c(C(=O)Oc4ccn(C(N)=O)c(=O)n4)s3)c2cc1OC. The zero-order chi connectivity index (χ0) is 27.0. The van der Waals surface area contributed by atoms with Gasteiger partial charge in [-0.3, -0.25) is 4.57 Å². The van der Waals surface area contributed by atoms with Crippen LogP contribution in [-0.2, 0) is 0 Å². The number of carbonyl (C=O) groups is 2. The van der Waals surface area contributed by atoms with Crippen molar-refractivity contribution in [1.29, 1.82) is 0 Å². The molecule has 0 spiro atoms. The van der Waals surface area contributed by atoms with Crippen molar-refractivity contribution in [2.24, 2.45) is 5.73 Å². The number of halogens is 1. The number of carbonyl (C=O) groups excluding carboxylic acids is 2. The fourth-order valence-corrected chi connectivity index (χ4v) is 4.76. The van der Waals surface area contributed by atoms with Crippen molar-refractivity contribution in [1.82, 2.24) is 24.1 Å².